The highest BCUT2D eigenvalue weighted by Gasteiger charge is 2.17. The Balaban J connectivity index is 3.76. The van der Waals surface area contributed by atoms with Gasteiger partial charge in [-0.1, -0.05) is 6.92 Å². The van der Waals surface area contributed by atoms with Gasteiger partial charge in [0.25, 0.3) is 0 Å². The first kappa shape index (κ1) is 14.7. The van der Waals surface area contributed by atoms with Crippen molar-refractivity contribution in [1.82, 2.24) is 5.32 Å². The molecule has 0 radical (unpaired) electrons. The van der Waals surface area contributed by atoms with E-state index in [1.807, 2.05) is 6.92 Å². The normalized spacial score (nSPS) is 12.5. The van der Waals surface area contributed by atoms with Crippen molar-refractivity contribution in [3.63, 3.8) is 0 Å². The largest absolute Gasteiger partial charge is 0.465 e. The molecule has 0 aromatic rings. The lowest BCUT2D eigenvalue weighted by Crippen LogP contribution is -2.38. The predicted octanol–water partition coefficient (Wildman–Crippen LogP) is 0.643. The quantitative estimate of drug-likeness (QED) is 0.454. The molecule has 15 heavy (non-hydrogen) atoms. The Morgan fingerprint density at radius 3 is 2.73 bits per heavy atom. The van der Waals surface area contributed by atoms with Crippen LogP contribution in [0.4, 0.5) is 0 Å². The van der Waals surface area contributed by atoms with E-state index in [2.05, 4.69) is 5.32 Å². The molecule has 0 rings (SSSR count). The van der Waals surface area contributed by atoms with E-state index in [1.54, 1.807) is 18.7 Å². The number of thioether (sulfide) groups is 1. The maximum atomic E-state index is 11.5. The van der Waals surface area contributed by atoms with Crippen molar-refractivity contribution in [2.75, 3.05) is 31.3 Å². The Kier molecular flexibility index (Phi) is 10.1. The number of aliphatic hydroxyl groups excluding tert-OH is 1. The highest BCUT2D eigenvalue weighted by molar-refractivity contribution is 7.99. The summed E-state index contributed by atoms with van der Waals surface area (Å²) in [5.74, 6) is 1.41. The predicted molar refractivity (Wildman–Crippen MR) is 63.1 cm³/mol. The zero-order valence-electron chi connectivity index (χ0n) is 9.49. The highest BCUT2D eigenvalue weighted by Crippen LogP contribution is 2.05. The van der Waals surface area contributed by atoms with Crippen molar-refractivity contribution in [3.05, 3.63) is 0 Å². The lowest BCUT2D eigenvalue weighted by atomic mass is 10.2. The smallest absolute Gasteiger partial charge is 0.323 e. The summed E-state index contributed by atoms with van der Waals surface area (Å²) >= 11 is 1.65. The molecule has 0 aliphatic heterocycles. The molecule has 0 aromatic heterocycles. The van der Waals surface area contributed by atoms with Gasteiger partial charge in [-0.2, -0.15) is 11.8 Å². The number of ether oxygens (including phenoxy) is 1. The molecule has 0 fully saturated rings. The maximum Gasteiger partial charge on any atom is 0.323 e. The van der Waals surface area contributed by atoms with Crippen molar-refractivity contribution < 1.29 is 14.6 Å². The van der Waals surface area contributed by atoms with Crippen LogP contribution in [0.1, 0.15) is 20.3 Å². The van der Waals surface area contributed by atoms with Crippen LogP contribution in [0, 0.1) is 0 Å². The summed E-state index contributed by atoms with van der Waals surface area (Å²) in [6.45, 7) is 5.14. The molecular weight excluding hydrogens is 214 g/mol. The van der Waals surface area contributed by atoms with Crippen LogP contribution < -0.4 is 5.32 Å². The minimum absolute atomic E-state index is 0.177. The molecule has 0 amide bonds. The van der Waals surface area contributed by atoms with Crippen LogP contribution in [-0.4, -0.2) is 48.4 Å². The van der Waals surface area contributed by atoms with Crippen LogP contribution in [0.25, 0.3) is 0 Å². The lowest BCUT2D eigenvalue weighted by molar-refractivity contribution is -0.145. The van der Waals surface area contributed by atoms with Gasteiger partial charge in [-0.25, -0.2) is 0 Å². The second-order valence-electron chi connectivity index (χ2n) is 2.99. The molecular formula is C10H21NO3S. The first-order valence-corrected chi connectivity index (χ1v) is 6.50. The third kappa shape index (κ3) is 7.64. The average Bonchev–Trinajstić information content (AvgIpc) is 2.23. The van der Waals surface area contributed by atoms with Gasteiger partial charge in [-0.3, -0.25) is 4.79 Å². The summed E-state index contributed by atoms with van der Waals surface area (Å²) in [7, 11) is 0. The van der Waals surface area contributed by atoms with Gasteiger partial charge in [-0.05, 0) is 25.6 Å². The Morgan fingerprint density at radius 1 is 1.47 bits per heavy atom. The highest BCUT2D eigenvalue weighted by atomic mass is 32.2. The van der Waals surface area contributed by atoms with Crippen molar-refractivity contribution >= 4 is 17.7 Å². The fourth-order valence-corrected chi connectivity index (χ4v) is 1.90. The molecule has 0 spiro atoms. The van der Waals surface area contributed by atoms with Gasteiger partial charge in [0.05, 0.1) is 13.2 Å². The number of nitrogens with one attached hydrogen (secondary N) is 1. The SMILES string of the molecule is CCNC(CCSCCO)C(=O)OCC. The van der Waals surface area contributed by atoms with E-state index in [-0.39, 0.29) is 18.6 Å². The summed E-state index contributed by atoms with van der Waals surface area (Å²) in [6, 6.07) is -0.207. The Hall–Kier alpha value is -0.260. The lowest BCUT2D eigenvalue weighted by Gasteiger charge is -2.15. The summed E-state index contributed by atoms with van der Waals surface area (Å²) in [4.78, 5) is 11.5. The van der Waals surface area contributed by atoms with Crippen LogP contribution in [-0.2, 0) is 9.53 Å². The molecule has 90 valence electrons. The third-order valence-corrected chi connectivity index (χ3v) is 2.80. The number of carbonyl (C=O) groups is 1. The molecule has 0 saturated heterocycles. The summed E-state index contributed by atoms with van der Waals surface area (Å²) in [5.41, 5.74) is 0. The molecule has 1 atom stereocenters. The first-order chi connectivity index (χ1) is 7.26. The van der Waals surface area contributed by atoms with Crippen LogP contribution in [0.2, 0.25) is 0 Å². The van der Waals surface area contributed by atoms with Gasteiger partial charge in [0.1, 0.15) is 6.04 Å². The van der Waals surface area contributed by atoms with Gasteiger partial charge in [0, 0.05) is 5.75 Å². The van der Waals surface area contributed by atoms with Crippen molar-refractivity contribution in [3.8, 4) is 0 Å². The van der Waals surface area contributed by atoms with Crippen molar-refractivity contribution in [2.45, 2.75) is 26.3 Å². The zero-order valence-corrected chi connectivity index (χ0v) is 10.3. The van der Waals surface area contributed by atoms with E-state index in [9.17, 15) is 4.79 Å². The number of hydrogen-bond donors (Lipinski definition) is 2. The monoisotopic (exact) mass is 235 g/mol. The van der Waals surface area contributed by atoms with Crippen molar-refractivity contribution in [1.29, 1.82) is 0 Å². The Labute approximate surface area is 95.8 Å². The second-order valence-corrected chi connectivity index (χ2v) is 4.21. The van der Waals surface area contributed by atoms with Crippen LogP contribution in [0.15, 0.2) is 0 Å². The molecule has 2 N–H and O–H groups in total. The molecule has 0 saturated carbocycles. The van der Waals surface area contributed by atoms with Gasteiger partial charge in [0.2, 0.25) is 0 Å². The van der Waals surface area contributed by atoms with Gasteiger partial charge in [0.15, 0.2) is 0 Å². The fourth-order valence-electron chi connectivity index (χ4n) is 1.16. The van der Waals surface area contributed by atoms with Crippen LogP contribution in [0.5, 0.6) is 0 Å². The Bertz CT molecular complexity index is 167. The average molecular weight is 235 g/mol. The number of rotatable bonds is 9. The van der Waals surface area contributed by atoms with Gasteiger partial charge >= 0.3 is 5.97 Å². The van der Waals surface area contributed by atoms with E-state index < -0.39 is 0 Å². The van der Waals surface area contributed by atoms with E-state index in [4.69, 9.17) is 9.84 Å². The summed E-state index contributed by atoms with van der Waals surface area (Å²) in [5, 5.41) is 11.7. The summed E-state index contributed by atoms with van der Waals surface area (Å²) < 4.78 is 4.95. The number of aliphatic hydroxyl groups is 1. The molecule has 0 heterocycles. The fraction of sp³-hybridized carbons (Fsp3) is 0.900. The maximum absolute atomic E-state index is 11.5. The number of likely N-dealkylation sites (N-methyl/N-ethyl adjacent to an activating group) is 1. The van der Waals surface area contributed by atoms with Crippen molar-refractivity contribution in [2.24, 2.45) is 0 Å². The molecule has 0 aliphatic carbocycles. The van der Waals surface area contributed by atoms with E-state index in [0.717, 1.165) is 24.5 Å². The standard InChI is InChI=1S/C10H21NO3S/c1-3-11-9(10(13)14-4-2)5-7-15-8-6-12/h9,11-12H,3-8H2,1-2H3. The molecule has 4 nitrogen and oxygen atoms in total. The molecule has 1 unspecified atom stereocenters. The van der Waals surface area contributed by atoms with E-state index in [0.29, 0.717) is 6.61 Å². The zero-order chi connectivity index (χ0) is 11.5. The molecule has 0 aromatic carbocycles. The van der Waals surface area contributed by atoms with E-state index in [1.165, 1.54) is 0 Å². The first-order valence-electron chi connectivity index (χ1n) is 5.34. The second kappa shape index (κ2) is 10.3. The Morgan fingerprint density at radius 2 is 2.20 bits per heavy atom. The van der Waals surface area contributed by atoms with Crippen LogP contribution in [0.3, 0.4) is 0 Å². The van der Waals surface area contributed by atoms with E-state index >= 15 is 0 Å². The molecule has 5 heteroatoms. The topological polar surface area (TPSA) is 58.6 Å². The third-order valence-electron chi connectivity index (χ3n) is 1.81. The number of esters is 1. The minimum Gasteiger partial charge on any atom is -0.465 e. The van der Waals surface area contributed by atoms with Crippen LogP contribution >= 0.6 is 11.8 Å². The number of carbonyl (C=O) groups excluding carboxylic acids is 1. The van der Waals surface area contributed by atoms with Gasteiger partial charge in [-0.15, -0.1) is 0 Å². The van der Waals surface area contributed by atoms with Gasteiger partial charge < -0.3 is 15.2 Å². The minimum atomic E-state index is -0.207. The summed E-state index contributed by atoms with van der Waals surface area (Å²) in [6.07, 6.45) is 0.747. The molecule has 0 aliphatic rings. The number of hydrogen-bond acceptors (Lipinski definition) is 5. The molecule has 0 bridgehead atoms.